The van der Waals surface area contributed by atoms with Crippen LogP contribution in [0, 0.1) is 0 Å². The number of methoxy groups -OCH3 is 2. The van der Waals surface area contributed by atoms with E-state index in [-0.39, 0.29) is 5.91 Å². The standard InChI is InChI=1S/C21H21ClN2O3S/c1-26-17-6-4-3-5-16(17)23-9-11-24(12-10-23)21(25)20-19(27-2)15-13-14(22)7-8-18(15)28-20/h3-8,13H,9-12H2,1-2H3. The molecule has 0 aliphatic carbocycles. The summed E-state index contributed by atoms with van der Waals surface area (Å²) in [5.41, 5.74) is 1.06. The van der Waals surface area contributed by atoms with Crippen LogP contribution in [-0.2, 0) is 0 Å². The molecule has 0 spiro atoms. The number of nitrogens with zero attached hydrogens (tertiary/aromatic N) is 2. The number of carbonyl (C=O) groups excluding carboxylic acids is 1. The maximum Gasteiger partial charge on any atom is 0.267 e. The molecule has 0 bridgehead atoms. The number of ether oxygens (including phenoxy) is 2. The molecule has 0 radical (unpaired) electrons. The Morgan fingerprint density at radius 1 is 1.04 bits per heavy atom. The van der Waals surface area contributed by atoms with Gasteiger partial charge in [-0.05, 0) is 30.3 Å². The number of anilines is 1. The van der Waals surface area contributed by atoms with Crippen LogP contribution in [0.15, 0.2) is 42.5 Å². The average Bonchev–Trinajstić information content (AvgIpc) is 3.11. The van der Waals surface area contributed by atoms with Gasteiger partial charge < -0.3 is 19.3 Å². The fourth-order valence-electron chi connectivity index (χ4n) is 3.58. The van der Waals surface area contributed by atoms with Crippen molar-refractivity contribution >= 4 is 44.6 Å². The minimum atomic E-state index is 0.00819. The van der Waals surface area contributed by atoms with Crippen molar-refractivity contribution in [2.75, 3.05) is 45.3 Å². The van der Waals surface area contributed by atoms with Crippen LogP contribution in [0.1, 0.15) is 9.67 Å². The summed E-state index contributed by atoms with van der Waals surface area (Å²) in [6.45, 7) is 2.81. The lowest BCUT2D eigenvalue weighted by Crippen LogP contribution is -2.48. The van der Waals surface area contributed by atoms with Crippen molar-refractivity contribution in [1.29, 1.82) is 0 Å². The van der Waals surface area contributed by atoms with Crippen LogP contribution in [0.25, 0.3) is 10.1 Å². The molecule has 0 N–H and O–H groups in total. The van der Waals surface area contributed by atoms with E-state index in [2.05, 4.69) is 11.0 Å². The van der Waals surface area contributed by atoms with E-state index < -0.39 is 0 Å². The van der Waals surface area contributed by atoms with Gasteiger partial charge in [-0.15, -0.1) is 11.3 Å². The molecule has 0 unspecified atom stereocenters. The Bertz CT molecular complexity index is 1010. The van der Waals surface area contributed by atoms with Crippen LogP contribution in [0.4, 0.5) is 5.69 Å². The number of fused-ring (bicyclic) bond motifs is 1. The van der Waals surface area contributed by atoms with Gasteiger partial charge >= 0.3 is 0 Å². The molecule has 1 amide bonds. The molecule has 1 aliphatic heterocycles. The largest absolute Gasteiger partial charge is 0.495 e. The van der Waals surface area contributed by atoms with Gasteiger partial charge in [-0.1, -0.05) is 23.7 Å². The topological polar surface area (TPSA) is 42.0 Å². The van der Waals surface area contributed by atoms with Gasteiger partial charge in [0.25, 0.3) is 5.91 Å². The molecule has 146 valence electrons. The number of piperazine rings is 1. The van der Waals surface area contributed by atoms with Gasteiger partial charge in [0.1, 0.15) is 16.4 Å². The second kappa shape index (κ2) is 7.89. The number of amides is 1. The average molecular weight is 417 g/mol. The fourth-order valence-corrected chi connectivity index (χ4v) is 4.87. The Kier molecular flexibility index (Phi) is 5.33. The molecule has 3 aromatic rings. The zero-order chi connectivity index (χ0) is 19.7. The van der Waals surface area contributed by atoms with Crippen LogP contribution in [0.2, 0.25) is 5.02 Å². The van der Waals surface area contributed by atoms with E-state index in [0.29, 0.717) is 28.7 Å². The predicted octanol–water partition coefficient (Wildman–Crippen LogP) is 4.53. The smallest absolute Gasteiger partial charge is 0.267 e. The third-order valence-corrected chi connectivity index (χ3v) is 6.37. The second-order valence-corrected chi connectivity index (χ2v) is 8.04. The fraction of sp³-hybridized carbons (Fsp3) is 0.286. The van der Waals surface area contributed by atoms with E-state index in [1.165, 1.54) is 11.3 Å². The first-order chi connectivity index (χ1) is 13.6. The molecule has 2 aromatic carbocycles. The first kappa shape index (κ1) is 18.9. The van der Waals surface area contributed by atoms with Crippen molar-refractivity contribution in [1.82, 2.24) is 4.90 Å². The third kappa shape index (κ3) is 3.38. The zero-order valence-corrected chi connectivity index (χ0v) is 17.3. The second-order valence-electron chi connectivity index (χ2n) is 6.56. The number of rotatable bonds is 4. The molecular formula is C21H21ClN2O3S. The van der Waals surface area contributed by atoms with E-state index in [1.807, 2.05) is 41.3 Å². The maximum absolute atomic E-state index is 13.2. The van der Waals surface area contributed by atoms with E-state index in [4.69, 9.17) is 21.1 Å². The molecule has 1 saturated heterocycles. The van der Waals surface area contributed by atoms with E-state index >= 15 is 0 Å². The number of thiophene rings is 1. The summed E-state index contributed by atoms with van der Waals surface area (Å²) in [5.74, 6) is 1.47. The van der Waals surface area contributed by atoms with Crippen LogP contribution < -0.4 is 14.4 Å². The molecule has 1 aromatic heterocycles. The maximum atomic E-state index is 13.2. The highest BCUT2D eigenvalue weighted by Crippen LogP contribution is 2.40. The summed E-state index contributed by atoms with van der Waals surface area (Å²) < 4.78 is 12.0. The van der Waals surface area contributed by atoms with Crippen molar-refractivity contribution in [3.63, 3.8) is 0 Å². The lowest BCUT2D eigenvalue weighted by atomic mass is 10.2. The Morgan fingerprint density at radius 3 is 2.50 bits per heavy atom. The van der Waals surface area contributed by atoms with Gasteiger partial charge in [0, 0.05) is 41.3 Å². The van der Waals surface area contributed by atoms with E-state index in [9.17, 15) is 4.79 Å². The molecule has 2 heterocycles. The lowest BCUT2D eigenvalue weighted by Gasteiger charge is -2.36. The summed E-state index contributed by atoms with van der Waals surface area (Å²) in [4.78, 5) is 18.0. The van der Waals surface area contributed by atoms with Crippen LogP contribution >= 0.6 is 22.9 Å². The van der Waals surface area contributed by atoms with Crippen molar-refractivity contribution in [2.45, 2.75) is 0 Å². The summed E-state index contributed by atoms with van der Waals surface area (Å²) in [6, 6.07) is 13.6. The van der Waals surface area contributed by atoms with Crippen molar-refractivity contribution < 1.29 is 14.3 Å². The summed E-state index contributed by atoms with van der Waals surface area (Å²) in [7, 11) is 3.28. The molecule has 1 aliphatic rings. The van der Waals surface area contributed by atoms with Gasteiger partial charge in [0.15, 0.2) is 0 Å². The first-order valence-electron chi connectivity index (χ1n) is 9.05. The molecular weight excluding hydrogens is 396 g/mol. The minimum Gasteiger partial charge on any atom is -0.495 e. The van der Waals surface area contributed by atoms with Crippen molar-refractivity contribution in [3.8, 4) is 11.5 Å². The molecule has 5 nitrogen and oxygen atoms in total. The number of para-hydroxylation sites is 2. The van der Waals surface area contributed by atoms with E-state index in [1.54, 1.807) is 14.2 Å². The number of carbonyl (C=O) groups is 1. The van der Waals surface area contributed by atoms with Crippen LogP contribution in [0.3, 0.4) is 0 Å². The minimum absolute atomic E-state index is 0.00819. The molecule has 7 heteroatoms. The number of hydrogen-bond acceptors (Lipinski definition) is 5. The molecule has 0 saturated carbocycles. The van der Waals surface area contributed by atoms with Crippen molar-refractivity contribution in [3.05, 3.63) is 52.4 Å². The highest BCUT2D eigenvalue weighted by molar-refractivity contribution is 7.21. The van der Waals surface area contributed by atoms with Gasteiger partial charge in [-0.25, -0.2) is 0 Å². The summed E-state index contributed by atoms with van der Waals surface area (Å²) in [5, 5.41) is 1.52. The van der Waals surface area contributed by atoms with Crippen molar-refractivity contribution in [2.24, 2.45) is 0 Å². The van der Waals surface area contributed by atoms with Gasteiger partial charge in [-0.2, -0.15) is 0 Å². The number of hydrogen-bond donors (Lipinski definition) is 0. The summed E-state index contributed by atoms with van der Waals surface area (Å²) >= 11 is 7.58. The lowest BCUT2D eigenvalue weighted by molar-refractivity contribution is 0.0748. The van der Waals surface area contributed by atoms with Crippen LogP contribution in [-0.4, -0.2) is 51.2 Å². The molecule has 0 atom stereocenters. The Hall–Kier alpha value is -2.44. The number of benzene rings is 2. The Morgan fingerprint density at radius 2 is 1.79 bits per heavy atom. The van der Waals surface area contributed by atoms with Crippen LogP contribution in [0.5, 0.6) is 11.5 Å². The predicted molar refractivity (Wildman–Crippen MR) is 114 cm³/mol. The Balaban J connectivity index is 1.54. The molecule has 28 heavy (non-hydrogen) atoms. The van der Waals surface area contributed by atoms with Gasteiger partial charge in [0.05, 0.1) is 19.9 Å². The van der Waals surface area contributed by atoms with Gasteiger partial charge in [0.2, 0.25) is 0 Å². The number of halogens is 1. The highest BCUT2D eigenvalue weighted by Gasteiger charge is 2.28. The molecule has 4 rings (SSSR count). The normalized spacial score (nSPS) is 14.4. The first-order valence-corrected chi connectivity index (χ1v) is 10.2. The zero-order valence-electron chi connectivity index (χ0n) is 15.8. The van der Waals surface area contributed by atoms with E-state index in [0.717, 1.165) is 34.6 Å². The quantitative estimate of drug-likeness (QED) is 0.626. The van der Waals surface area contributed by atoms with Gasteiger partial charge in [-0.3, -0.25) is 4.79 Å². The summed E-state index contributed by atoms with van der Waals surface area (Å²) in [6.07, 6.45) is 0. The Labute approximate surface area is 173 Å². The third-order valence-electron chi connectivity index (χ3n) is 5.00. The monoisotopic (exact) mass is 416 g/mol. The molecule has 1 fully saturated rings. The highest BCUT2D eigenvalue weighted by atomic mass is 35.5. The SMILES string of the molecule is COc1ccccc1N1CCN(C(=O)c2sc3ccc(Cl)cc3c2OC)CC1.